The number of morpholine rings is 1. The lowest BCUT2D eigenvalue weighted by molar-refractivity contribution is -0.0880. The van der Waals surface area contributed by atoms with Crippen molar-refractivity contribution < 1.29 is 4.74 Å². The van der Waals surface area contributed by atoms with E-state index in [0.29, 0.717) is 0 Å². The quantitative estimate of drug-likeness (QED) is 0.824. The van der Waals surface area contributed by atoms with Crippen molar-refractivity contribution in [3.63, 3.8) is 0 Å². The molecule has 0 radical (unpaired) electrons. The van der Waals surface area contributed by atoms with Gasteiger partial charge in [-0.25, -0.2) is 0 Å². The molecule has 102 valence electrons. The smallest absolute Gasteiger partial charge is 0.0753 e. The Hall–Kier alpha value is -0.610. The Morgan fingerprint density at radius 2 is 2.16 bits per heavy atom. The molecular weight excluding hydrogens is 278 g/mol. The van der Waals surface area contributed by atoms with E-state index in [1.165, 1.54) is 15.0 Å². The third-order valence-electron chi connectivity index (χ3n) is 3.47. The van der Waals surface area contributed by atoms with Gasteiger partial charge in [-0.05, 0) is 19.9 Å². The molecule has 1 fully saturated rings. The van der Waals surface area contributed by atoms with Crippen LogP contribution < -0.4 is 0 Å². The minimum Gasteiger partial charge on any atom is -0.373 e. The van der Waals surface area contributed by atoms with Crippen LogP contribution in [0.15, 0.2) is 24.3 Å². The van der Waals surface area contributed by atoms with Gasteiger partial charge in [0.25, 0.3) is 0 Å². The number of hydrogen-bond donors (Lipinski definition) is 0. The second kappa shape index (κ2) is 5.06. The lowest BCUT2D eigenvalue weighted by Gasteiger charge is -2.38. The highest BCUT2D eigenvalue weighted by Gasteiger charge is 2.27. The second-order valence-corrected chi connectivity index (χ2v) is 7.17. The highest BCUT2D eigenvalue weighted by molar-refractivity contribution is 7.19. The van der Waals surface area contributed by atoms with Crippen molar-refractivity contribution in [2.24, 2.45) is 0 Å². The third kappa shape index (κ3) is 2.79. The van der Waals surface area contributed by atoms with Gasteiger partial charge in [-0.2, -0.15) is 0 Å². The van der Waals surface area contributed by atoms with Crippen LogP contribution in [0.1, 0.15) is 18.7 Å². The molecule has 2 nitrogen and oxygen atoms in total. The summed E-state index contributed by atoms with van der Waals surface area (Å²) in [5.74, 6) is 0. The number of nitrogens with zero attached hydrogens (tertiary/aromatic N) is 1. The summed E-state index contributed by atoms with van der Waals surface area (Å²) in [7, 11) is 0. The van der Waals surface area contributed by atoms with Crippen molar-refractivity contribution in [2.75, 3.05) is 19.7 Å². The molecule has 1 saturated heterocycles. The van der Waals surface area contributed by atoms with E-state index in [2.05, 4.69) is 36.9 Å². The highest BCUT2D eigenvalue weighted by Crippen LogP contribution is 2.36. The first-order valence-electron chi connectivity index (χ1n) is 6.57. The average molecular weight is 296 g/mol. The normalized spacial score (nSPS) is 19.9. The molecule has 1 aliphatic rings. The number of ether oxygens (including phenoxy) is 1. The van der Waals surface area contributed by atoms with Gasteiger partial charge in [0.15, 0.2) is 0 Å². The topological polar surface area (TPSA) is 12.5 Å². The summed E-state index contributed by atoms with van der Waals surface area (Å²) >= 11 is 8.30. The van der Waals surface area contributed by atoms with Crippen molar-refractivity contribution in [3.8, 4) is 0 Å². The first-order chi connectivity index (χ1) is 9.05. The van der Waals surface area contributed by atoms with E-state index in [4.69, 9.17) is 16.3 Å². The second-order valence-electron chi connectivity index (χ2n) is 5.65. The summed E-state index contributed by atoms with van der Waals surface area (Å²) in [6.07, 6.45) is 0. The fourth-order valence-electron chi connectivity index (χ4n) is 2.62. The Morgan fingerprint density at radius 1 is 1.37 bits per heavy atom. The van der Waals surface area contributed by atoms with Crippen molar-refractivity contribution in [1.29, 1.82) is 0 Å². The number of hydrogen-bond acceptors (Lipinski definition) is 3. The number of thiophene rings is 1. The highest BCUT2D eigenvalue weighted by atomic mass is 35.5. The first kappa shape index (κ1) is 13.4. The largest absolute Gasteiger partial charge is 0.373 e. The average Bonchev–Trinajstić information content (AvgIpc) is 2.66. The monoisotopic (exact) mass is 295 g/mol. The third-order valence-corrected chi connectivity index (χ3v) is 5.17. The molecule has 0 unspecified atom stereocenters. The predicted octanol–water partition coefficient (Wildman–Crippen LogP) is 4.17. The van der Waals surface area contributed by atoms with Gasteiger partial charge in [0.2, 0.25) is 0 Å². The summed E-state index contributed by atoms with van der Waals surface area (Å²) in [4.78, 5) is 3.70. The van der Waals surface area contributed by atoms with E-state index in [1.54, 1.807) is 11.3 Å². The summed E-state index contributed by atoms with van der Waals surface area (Å²) in [5, 5.41) is 2.10. The van der Waals surface area contributed by atoms with Crippen LogP contribution >= 0.6 is 22.9 Å². The molecule has 1 aromatic heterocycles. The molecule has 19 heavy (non-hydrogen) atoms. The van der Waals surface area contributed by atoms with Crippen LogP contribution in [0.4, 0.5) is 0 Å². The van der Waals surface area contributed by atoms with Crippen molar-refractivity contribution in [2.45, 2.75) is 26.0 Å². The van der Waals surface area contributed by atoms with E-state index in [1.807, 2.05) is 6.07 Å². The van der Waals surface area contributed by atoms with Crippen molar-refractivity contribution in [1.82, 2.24) is 4.90 Å². The maximum absolute atomic E-state index is 6.50. The number of halogens is 1. The lowest BCUT2D eigenvalue weighted by Crippen LogP contribution is -2.47. The SMILES string of the molecule is CC1(C)CN(Cc2sc3ccccc3c2Cl)CCO1. The van der Waals surface area contributed by atoms with Crippen molar-refractivity contribution in [3.05, 3.63) is 34.2 Å². The van der Waals surface area contributed by atoms with Crippen LogP contribution in [-0.4, -0.2) is 30.2 Å². The van der Waals surface area contributed by atoms with Crippen LogP contribution in [-0.2, 0) is 11.3 Å². The minimum absolute atomic E-state index is 0.0542. The van der Waals surface area contributed by atoms with Gasteiger partial charge in [-0.1, -0.05) is 29.8 Å². The lowest BCUT2D eigenvalue weighted by atomic mass is 10.1. The van der Waals surface area contributed by atoms with Crippen LogP contribution in [0.5, 0.6) is 0 Å². The molecule has 0 saturated carbocycles. The van der Waals surface area contributed by atoms with Crippen molar-refractivity contribution >= 4 is 33.0 Å². The Kier molecular flexibility index (Phi) is 3.56. The number of fused-ring (bicyclic) bond motifs is 1. The molecule has 1 aromatic carbocycles. The molecule has 3 rings (SSSR count). The van der Waals surface area contributed by atoms with Crippen LogP contribution in [0.25, 0.3) is 10.1 Å². The van der Waals surface area contributed by atoms with Crippen LogP contribution in [0, 0.1) is 0 Å². The summed E-state index contributed by atoms with van der Waals surface area (Å²) in [6, 6.07) is 8.35. The summed E-state index contributed by atoms with van der Waals surface area (Å²) in [6.45, 7) is 7.95. The Bertz CT molecular complexity index is 593. The molecule has 0 spiro atoms. The van der Waals surface area contributed by atoms with Crippen LogP contribution in [0.3, 0.4) is 0 Å². The van der Waals surface area contributed by atoms with Gasteiger partial charge in [0, 0.05) is 34.6 Å². The molecule has 0 atom stereocenters. The summed E-state index contributed by atoms with van der Waals surface area (Å²) in [5.41, 5.74) is -0.0542. The van der Waals surface area contributed by atoms with E-state index >= 15 is 0 Å². The maximum atomic E-state index is 6.50. The van der Waals surface area contributed by atoms with Gasteiger partial charge < -0.3 is 4.74 Å². The molecule has 4 heteroatoms. The Morgan fingerprint density at radius 3 is 2.89 bits per heavy atom. The van der Waals surface area contributed by atoms with E-state index in [-0.39, 0.29) is 5.60 Å². The molecule has 2 aromatic rings. The molecule has 2 heterocycles. The Labute approximate surface area is 122 Å². The van der Waals surface area contributed by atoms with E-state index in [9.17, 15) is 0 Å². The zero-order valence-electron chi connectivity index (χ0n) is 11.3. The minimum atomic E-state index is -0.0542. The molecule has 1 aliphatic heterocycles. The molecular formula is C15H18ClNOS. The van der Waals surface area contributed by atoms with Gasteiger partial charge in [0.1, 0.15) is 0 Å². The standard InChI is InChI=1S/C15H18ClNOS/c1-15(2)10-17(7-8-18-15)9-13-14(16)11-5-3-4-6-12(11)19-13/h3-6H,7-10H2,1-2H3. The molecule has 0 amide bonds. The first-order valence-corrected chi connectivity index (χ1v) is 7.77. The number of benzene rings is 1. The predicted molar refractivity (Wildman–Crippen MR) is 82.1 cm³/mol. The zero-order valence-corrected chi connectivity index (χ0v) is 12.9. The fourth-order valence-corrected chi connectivity index (χ4v) is 4.15. The Balaban J connectivity index is 1.83. The van der Waals surface area contributed by atoms with E-state index in [0.717, 1.165) is 31.3 Å². The number of rotatable bonds is 2. The molecule has 0 N–H and O–H groups in total. The fraction of sp³-hybridized carbons (Fsp3) is 0.467. The molecule has 0 aliphatic carbocycles. The van der Waals surface area contributed by atoms with E-state index < -0.39 is 0 Å². The van der Waals surface area contributed by atoms with Crippen LogP contribution in [0.2, 0.25) is 5.02 Å². The summed E-state index contributed by atoms with van der Waals surface area (Å²) < 4.78 is 7.02. The van der Waals surface area contributed by atoms with Gasteiger partial charge >= 0.3 is 0 Å². The van der Waals surface area contributed by atoms with Gasteiger partial charge in [-0.3, -0.25) is 4.90 Å². The maximum Gasteiger partial charge on any atom is 0.0753 e. The zero-order chi connectivity index (χ0) is 13.5. The van der Waals surface area contributed by atoms with Gasteiger partial charge in [0.05, 0.1) is 17.2 Å². The van der Waals surface area contributed by atoms with Gasteiger partial charge in [-0.15, -0.1) is 11.3 Å². The molecule has 0 bridgehead atoms.